The van der Waals surface area contributed by atoms with E-state index in [0.717, 1.165) is 5.56 Å². The zero-order chi connectivity index (χ0) is 15.9. The fourth-order valence-corrected chi connectivity index (χ4v) is 1.76. The third-order valence-electron chi connectivity index (χ3n) is 2.84. The summed E-state index contributed by atoms with van der Waals surface area (Å²) in [5, 5.41) is 5.84. The van der Waals surface area contributed by atoms with E-state index in [2.05, 4.69) is 5.10 Å². The van der Waals surface area contributed by atoms with Crippen molar-refractivity contribution in [2.24, 2.45) is 5.10 Å². The van der Waals surface area contributed by atoms with Crippen LogP contribution in [0.1, 0.15) is 15.9 Å². The first kappa shape index (κ1) is 15.6. The van der Waals surface area contributed by atoms with E-state index in [4.69, 9.17) is 9.47 Å². The van der Waals surface area contributed by atoms with Crippen molar-refractivity contribution in [1.29, 1.82) is 0 Å². The van der Waals surface area contributed by atoms with Gasteiger partial charge in [0.1, 0.15) is 0 Å². The van der Waals surface area contributed by atoms with Crippen molar-refractivity contribution in [3.63, 3.8) is 0 Å². The number of esters is 1. The van der Waals surface area contributed by atoms with Crippen molar-refractivity contribution in [2.45, 2.75) is 0 Å². The summed E-state index contributed by atoms with van der Waals surface area (Å²) in [6, 6.07) is 14.1. The summed E-state index contributed by atoms with van der Waals surface area (Å²) in [7, 11) is 5.20. The van der Waals surface area contributed by atoms with Gasteiger partial charge in [0.2, 0.25) is 0 Å². The second kappa shape index (κ2) is 7.26. The zero-order valence-electron chi connectivity index (χ0n) is 12.8. The summed E-state index contributed by atoms with van der Waals surface area (Å²) in [6.07, 6.45) is 1.70. The standard InChI is InChI=1S/C17H18N2O3/c1-19(2)18-12-13-9-10-15(16(11-13)21-3)22-17(20)14-7-5-4-6-8-14/h4-12H,1-3H3/b18-12+. The highest BCUT2D eigenvalue weighted by Crippen LogP contribution is 2.28. The number of carbonyl (C=O) groups is 1. The van der Waals surface area contributed by atoms with E-state index in [1.54, 1.807) is 47.6 Å². The van der Waals surface area contributed by atoms with Crippen molar-refractivity contribution < 1.29 is 14.3 Å². The van der Waals surface area contributed by atoms with E-state index < -0.39 is 5.97 Å². The van der Waals surface area contributed by atoms with E-state index in [0.29, 0.717) is 17.1 Å². The molecule has 2 rings (SSSR count). The molecule has 0 unspecified atom stereocenters. The molecule has 0 spiro atoms. The topological polar surface area (TPSA) is 51.1 Å². The lowest BCUT2D eigenvalue weighted by molar-refractivity contribution is 0.0729. The molecule has 114 valence electrons. The number of hydrazone groups is 1. The van der Waals surface area contributed by atoms with Gasteiger partial charge in [0.15, 0.2) is 11.5 Å². The molecule has 0 aliphatic carbocycles. The van der Waals surface area contributed by atoms with Crippen molar-refractivity contribution >= 4 is 12.2 Å². The van der Waals surface area contributed by atoms with E-state index in [9.17, 15) is 4.79 Å². The SMILES string of the molecule is COc1cc(/C=N/N(C)C)ccc1OC(=O)c1ccccc1. The van der Waals surface area contributed by atoms with Crippen molar-refractivity contribution in [3.05, 3.63) is 59.7 Å². The van der Waals surface area contributed by atoms with E-state index in [1.165, 1.54) is 7.11 Å². The molecular weight excluding hydrogens is 280 g/mol. The van der Waals surface area contributed by atoms with Crippen molar-refractivity contribution in [2.75, 3.05) is 21.2 Å². The normalized spacial score (nSPS) is 10.5. The maximum Gasteiger partial charge on any atom is 0.343 e. The number of ether oxygens (including phenoxy) is 2. The van der Waals surface area contributed by atoms with Crippen molar-refractivity contribution in [3.8, 4) is 11.5 Å². The largest absolute Gasteiger partial charge is 0.493 e. The fraction of sp³-hybridized carbons (Fsp3) is 0.176. The van der Waals surface area contributed by atoms with Gasteiger partial charge in [-0.25, -0.2) is 4.79 Å². The van der Waals surface area contributed by atoms with Gasteiger partial charge < -0.3 is 14.5 Å². The molecule has 5 nitrogen and oxygen atoms in total. The van der Waals surface area contributed by atoms with Gasteiger partial charge in [-0.3, -0.25) is 0 Å². The average Bonchev–Trinajstić information content (AvgIpc) is 2.54. The molecule has 0 bridgehead atoms. The summed E-state index contributed by atoms with van der Waals surface area (Å²) in [4.78, 5) is 12.1. The van der Waals surface area contributed by atoms with Crippen LogP contribution < -0.4 is 9.47 Å². The second-order valence-corrected chi connectivity index (χ2v) is 4.76. The Kier molecular flexibility index (Phi) is 5.14. The maximum absolute atomic E-state index is 12.1. The molecule has 0 saturated heterocycles. The highest BCUT2D eigenvalue weighted by molar-refractivity contribution is 5.91. The van der Waals surface area contributed by atoms with Crippen LogP contribution >= 0.6 is 0 Å². The first-order valence-electron chi connectivity index (χ1n) is 6.76. The lowest BCUT2D eigenvalue weighted by atomic mass is 10.2. The number of carbonyl (C=O) groups excluding carboxylic acids is 1. The Balaban J connectivity index is 2.19. The van der Waals surface area contributed by atoms with Crippen LogP contribution in [0.25, 0.3) is 0 Å². The van der Waals surface area contributed by atoms with Gasteiger partial charge >= 0.3 is 5.97 Å². The van der Waals surface area contributed by atoms with Crippen molar-refractivity contribution in [1.82, 2.24) is 5.01 Å². The lowest BCUT2D eigenvalue weighted by Gasteiger charge is -2.10. The molecule has 2 aromatic rings. The second-order valence-electron chi connectivity index (χ2n) is 4.76. The molecule has 5 heteroatoms. The lowest BCUT2D eigenvalue weighted by Crippen LogP contribution is -2.09. The summed E-state index contributed by atoms with van der Waals surface area (Å²) in [5.41, 5.74) is 1.34. The van der Waals surface area contributed by atoms with Gasteiger partial charge in [0, 0.05) is 14.1 Å². The van der Waals surface area contributed by atoms with Crippen LogP contribution in [-0.2, 0) is 0 Å². The third-order valence-corrected chi connectivity index (χ3v) is 2.84. The smallest absolute Gasteiger partial charge is 0.343 e. The van der Waals surface area contributed by atoms with Gasteiger partial charge in [0.05, 0.1) is 18.9 Å². The Morgan fingerprint density at radius 2 is 1.82 bits per heavy atom. The van der Waals surface area contributed by atoms with Gasteiger partial charge in [-0.15, -0.1) is 0 Å². The summed E-state index contributed by atoms with van der Waals surface area (Å²) >= 11 is 0. The average molecular weight is 298 g/mol. The maximum atomic E-state index is 12.1. The predicted molar refractivity (Wildman–Crippen MR) is 85.7 cm³/mol. The molecule has 0 N–H and O–H groups in total. The summed E-state index contributed by atoms with van der Waals surface area (Å²) in [6.45, 7) is 0. The van der Waals surface area contributed by atoms with Crippen LogP contribution in [-0.4, -0.2) is 38.4 Å². The summed E-state index contributed by atoms with van der Waals surface area (Å²) < 4.78 is 10.7. The minimum absolute atomic E-state index is 0.373. The molecule has 0 aliphatic heterocycles. The number of benzene rings is 2. The van der Waals surface area contributed by atoms with Crippen LogP contribution in [0.5, 0.6) is 11.5 Å². The number of rotatable bonds is 5. The highest BCUT2D eigenvalue weighted by Gasteiger charge is 2.12. The van der Waals surface area contributed by atoms with Crippen LogP contribution in [0, 0.1) is 0 Å². The van der Waals surface area contributed by atoms with Crippen LogP contribution in [0.3, 0.4) is 0 Å². The molecule has 0 atom stereocenters. The summed E-state index contributed by atoms with van der Waals surface area (Å²) in [5.74, 6) is 0.430. The monoisotopic (exact) mass is 298 g/mol. The Labute approximate surface area is 129 Å². The Hall–Kier alpha value is -2.82. The van der Waals surface area contributed by atoms with Gasteiger partial charge in [0.25, 0.3) is 0 Å². The molecule has 0 amide bonds. The molecule has 22 heavy (non-hydrogen) atoms. The molecule has 0 saturated carbocycles. The van der Waals surface area contributed by atoms with E-state index >= 15 is 0 Å². The first-order valence-corrected chi connectivity index (χ1v) is 6.76. The number of hydrogen-bond donors (Lipinski definition) is 0. The number of hydrogen-bond acceptors (Lipinski definition) is 5. The van der Waals surface area contributed by atoms with E-state index in [1.807, 2.05) is 26.2 Å². The van der Waals surface area contributed by atoms with Gasteiger partial charge in [-0.05, 0) is 35.9 Å². The first-order chi connectivity index (χ1) is 10.6. The molecular formula is C17H18N2O3. The molecule has 0 heterocycles. The third kappa shape index (κ3) is 4.09. The number of methoxy groups -OCH3 is 1. The Morgan fingerprint density at radius 3 is 2.45 bits per heavy atom. The van der Waals surface area contributed by atoms with Gasteiger partial charge in [-0.2, -0.15) is 5.10 Å². The fourth-order valence-electron chi connectivity index (χ4n) is 1.76. The number of nitrogens with zero attached hydrogens (tertiary/aromatic N) is 2. The zero-order valence-corrected chi connectivity index (χ0v) is 12.8. The van der Waals surface area contributed by atoms with E-state index in [-0.39, 0.29) is 0 Å². The molecule has 0 aromatic heterocycles. The highest BCUT2D eigenvalue weighted by atomic mass is 16.6. The molecule has 0 fully saturated rings. The Morgan fingerprint density at radius 1 is 1.09 bits per heavy atom. The molecule has 2 aromatic carbocycles. The molecule has 0 radical (unpaired) electrons. The van der Waals surface area contributed by atoms with Gasteiger partial charge in [-0.1, -0.05) is 18.2 Å². The van der Waals surface area contributed by atoms with Crippen LogP contribution in [0.4, 0.5) is 0 Å². The minimum Gasteiger partial charge on any atom is -0.493 e. The minimum atomic E-state index is -0.423. The molecule has 0 aliphatic rings. The van der Waals surface area contributed by atoms with Crippen LogP contribution in [0.2, 0.25) is 0 Å². The Bertz CT molecular complexity index is 667. The predicted octanol–water partition coefficient (Wildman–Crippen LogP) is 2.81. The van der Waals surface area contributed by atoms with Crippen LogP contribution in [0.15, 0.2) is 53.6 Å². The quantitative estimate of drug-likeness (QED) is 0.369.